The van der Waals surface area contributed by atoms with Gasteiger partial charge in [0.1, 0.15) is 6.04 Å². The Kier molecular flexibility index (Phi) is 3.59. The molecule has 1 heterocycles. The molecule has 0 fully saturated rings. The Hall–Kier alpha value is -1.86. The summed E-state index contributed by atoms with van der Waals surface area (Å²) < 4.78 is 0. The van der Waals surface area contributed by atoms with Gasteiger partial charge in [-0.1, -0.05) is 12.1 Å². The van der Waals surface area contributed by atoms with E-state index in [1.807, 2.05) is 46.1 Å². The molecule has 0 aliphatic carbocycles. The first-order chi connectivity index (χ1) is 8.95. The van der Waals surface area contributed by atoms with Crippen molar-refractivity contribution in [2.45, 2.75) is 32.5 Å². The number of amides is 1. The number of carbonyl (C=O) groups is 1. The molecule has 100 valence electrons. The standard InChI is InChI=1S/C15H19N3O/c1-10(2)18-14(8-16)13-7-11(9-17(3)4)5-6-12(13)15(18)19/h5-7,10,14H,9H2,1-4H3. The Labute approximate surface area is 114 Å². The Balaban J connectivity index is 2.44. The fourth-order valence-electron chi connectivity index (χ4n) is 2.57. The highest BCUT2D eigenvalue weighted by Crippen LogP contribution is 2.35. The Morgan fingerprint density at radius 3 is 2.63 bits per heavy atom. The van der Waals surface area contributed by atoms with Gasteiger partial charge in [-0.25, -0.2) is 0 Å². The van der Waals surface area contributed by atoms with E-state index >= 15 is 0 Å². The minimum absolute atomic E-state index is 0.0295. The topological polar surface area (TPSA) is 47.3 Å². The summed E-state index contributed by atoms with van der Waals surface area (Å²) in [6.45, 7) is 4.69. The van der Waals surface area contributed by atoms with E-state index < -0.39 is 6.04 Å². The molecule has 1 amide bonds. The van der Waals surface area contributed by atoms with Gasteiger partial charge >= 0.3 is 0 Å². The van der Waals surface area contributed by atoms with Crippen molar-refractivity contribution in [1.82, 2.24) is 9.80 Å². The van der Waals surface area contributed by atoms with Gasteiger partial charge in [0.15, 0.2) is 0 Å². The summed E-state index contributed by atoms with van der Waals surface area (Å²) in [4.78, 5) is 16.0. The molecule has 19 heavy (non-hydrogen) atoms. The lowest BCUT2D eigenvalue weighted by Crippen LogP contribution is -2.33. The van der Waals surface area contributed by atoms with Crippen molar-refractivity contribution >= 4 is 5.91 Å². The number of hydrogen-bond donors (Lipinski definition) is 0. The van der Waals surface area contributed by atoms with Crippen molar-refractivity contribution in [2.75, 3.05) is 14.1 Å². The largest absolute Gasteiger partial charge is 0.316 e. The molecule has 0 radical (unpaired) electrons. The minimum atomic E-state index is -0.454. The second-order valence-corrected chi connectivity index (χ2v) is 5.50. The summed E-state index contributed by atoms with van der Waals surface area (Å²) in [6.07, 6.45) is 0. The lowest BCUT2D eigenvalue weighted by atomic mass is 10.0. The maximum atomic E-state index is 12.3. The summed E-state index contributed by atoms with van der Waals surface area (Å²) in [5.74, 6) is -0.0343. The summed E-state index contributed by atoms with van der Waals surface area (Å²) in [7, 11) is 4.00. The fourth-order valence-corrected chi connectivity index (χ4v) is 2.57. The Morgan fingerprint density at radius 1 is 1.42 bits per heavy atom. The van der Waals surface area contributed by atoms with Crippen molar-refractivity contribution in [3.8, 4) is 6.07 Å². The predicted molar refractivity (Wildman–Crippen MR) is 73.5 cm³/mol. The van der Waals surface area contributed by atoms with E-state index in [0.717, 1.165) is 17.7 Å². The van der Waals surface area contributed by atoms with Crippen LogP contribution in [0.2, 0.25) is 0 Å². The molecular formula is C15H19N3O. The minimum Gasteiger partial charge on any atom is -0.316 e. The molecule has 0 spiro atoms. The number of hydrogen-bond acceptors (Lipinski definition) is 3. The average molecular weight is 257 g/mol. The molecule has 0 saturated heterocycles. The number of carbonyl (C=O) groups excluding carboxylic acids is 1. The van der Waals surface area contributed by atoms with E-state index in [4.69, 9.17) is 0 Å². The first kappa shape index (κ1) is 13.6. The third-order valence-corrected chi connectivity index (χ3v) is 3.33. The summed E-state index contributed by atoms with van der Waals surface area (Å²) in [5, 5.41) is 9.37. The highest BCUT2D eigenvalue weighted by molar-refractivity contribution is 6.00. The van der Waals surface area contributed by atoms with Crippen LogP contribution >= 0.6 is 0 Å². The van der Waals surface area contributed by atoms with E-state index in [0.29, 0.717) is 5.56 Å². The van der Waals surface area contributed by atoms with Crippen LogP contribution in [-0.4, -0.2) is 35.8 Å². The molecule has 0 saturated carbocycles. The van der Waals surface area contributed by atoms with Crippen LogP contribution < -0.4 is 0 Å². The molecule has 1 aliphatic heterocycles. The predicted octanol–water partition coefficient (Wildman–Crippen LogP) is 2.18. The van der Waals surface area contributed by atoms with E-state index in [9.17, 15) is 10.1 Å². The van der Waals surface area contributed by atoms with Gasteiger partial charge in [-0.3, -0.25) is 4.79 Å². The van der Waals surface area contributed by atoms with Gasteiger partial charge in [-0.05, 0) is 39.6 Å². The number of nitriles is 1. The Bertz CT molecular complexity index is 543. The molecule has 4 heteroatoms. The molecule has 4 nitrogen and oxygen atoms in total. The smallest absolute Gasteiger partial charge is 0.255 e. The van der Waals surface area contributed by atoms with Gasteiger partial charge in [-0.2, -0.15) is 5.26 Å². The van der Waals surface area contributed by atoms with Gasteiger partial charge in [0.05, 0.1) is 6.07 Å². The number of rotatable bonds is 3. The molecule has 1 atom stereocenters. The SMILES string of the molecule is CC(C)N1C(=O)c2ccc(CN(C)C)cc2C1C#N. The van der Waals surface area contributed by atoms with Crippen molar-refractivity contribution in [3.63, 3.8) is 0 Å². The van der Waals surface area contributed by atoms with Crippen LogP contribution in [-0.2, 0) is 6.54 Å². The van der Waals surface area contributed by atoms with Crippen LogP contribution in [0.3, 0.4) is 0 Å². The van der Waals surface area contributed by atoms with Gasteiger partial charge in [-0.15, -0.1) is 0 Å². The number of nitrogens with zero attached hydrogens (tertiary/aromatic N) is 3. The Morgan fingerprint density at radius 2 is 2.11 bits per heavy atom. The zero-order chi connectivity index (χ0) is 14.2. The molecule has 1 aromatic carbocycles. The van der Waals surface area contributed by atoms with Gasteiger partial charge in [0.25, 0.3) is 5.91 Å². The number of fused-ring (bicyclic) bond motifs is 1. The molecule has 2 rings (SSSR count). The van der Waals surface area contributed by atoms with Gasteiger partial charge in [0.2, 0.25) is 0 Å². The monoisotopic (exact) mass is 257 g/mol. The van der Waals surface area contributed by atoms with Crippen LogP contribution in [0.25, 0.3) is 0 Å². The first-order valence-corrected chi connectivity index (χ1v) is 6.45. The van der Waals surface area contributed by atoms with E-state index in [1.165, 1.54) is 0 Å². The number of benzene rings is 1. The van der Waals surface area contributed by atoms with E-state index in [2.05, 4.69) is 11.0 Å². The van der Waals surface area contributed by atoms with Crippen LogP contribution in [0.15, 0.2) is 18.2 Å². The van der Waals surface area contributed by atoms with Crippen molar-refractivity contribution in [1.29, 1.82) is 5.26 Å². The second kappa shape index (κ2) is 5.02. The third kappa shape index (κ3) is 2.34. The molecule has 1 unspecified atom stereocenters. The lowest BCUT2D eigenvalue weighted by molar-refractivity contribution is 0.0704. The van der Waals surface area contributed by atoms with Crippen molar-refractivity contribution in [2.24, 2.45) is 0 Å². The third-order valence-electron chi connectivity index (χ3n) is 3.33. The molecule has 0 bridgehead atoms. The average Bonchev–Trinajstić information content (AvgIpc) is 2.61. The first-order valence-electron chi connectivity index (χ1n) is 6.45. The van der Waals surface area contributed by atoms with Gasteiger partial charge < -0.3 is 9.80 Å². The van der Waals surface area contributed by atoms with Gasteiger partial charge in [0, 0.05) is 23.7 Å². The molecule has 0 N–H and O–H groups in total. The normalized spacial score (nSPS) is 18.1. The van der Waals surface area contributed by atoms with Crippen molar-refractivity contribution in [3.05, 3.63) is 34.9 Å². The second-order valence-electron chi connectivity index (χ2n) is 5.50. The molecular weight excluding hydrogens is 238 g/mol. The van der Waals surface area contributed by atoms with Crippen LogP contribution in [0, 0.1) is 11.3 Å². The zero-order valence-corrected chi connectivity index (χ0v) is 11.8. The van der Waals surface area contributed by atoms with E-state index in [-0.39, 0.29) is 11.9 Å². The fraction of sp³-hybridized carbons (Fsp3) is 0.467. The quantitative estimate of drug-likeness (QED) is 0.833. The summed E-state index contributed by atoms with van der Waals surface area (Å²) in [6, 6.07) is 7.64. The van der Waals surface area contributed by atoms with E-state index in [1.54, 1.807) is 4.90 Å². The zero-order valence-electron chi connectivity index (χ0n) is 11.8. The maximum Gasteiger partial charge on any atom is 0.255 e. The molecule has 1 aliphatic rings. The van der Waals surface area contributed by atoms with Crippen molar-refractivity contribution < 1.29 is 4.79 Å². The lowest BCUT2D eigenvalue weighted by Gasteiger charge is -2.24. The summed E-state index contributed by atoms with van der Waals surface area (Å²) >= 11 is 0. The highest BCUT2D eigenvalue weighted by atomic mass is 16.2. The molecule has 1 aromatic rings. The van der Waals surface area contributed by atoms with Crippen LogP contribution in [0.4, 0.5) is 0 Å². The highest BCUT2D eigenvalue weighted by Gasteiger charge is 2.38. The van der Waals surface area contributed by atoms with Crippen LogP contribution in [0.1, 0.15) is 41.4 Å². The van der Waals surface area contributed by atoms with Crippen LogP contribution in [0.5, 0.6) is 0 Å². The maximum absolute atomic E-state index is 12.3. The summed E-state index contributed by atoms with van der Waals surface area (Å²) in [5.41, 5.74) is 2.64. The molecule has 0 aromatic heterocycles.